The van der Waals surface area contributed by atoms with Crippen molar-refractivity contribution in [2.45, 2.75) is 13.3 Å². The zero-order valence-electron chi connectivity index (χ0n) is 11.2. The lowest BCUT2D eigenvalue weighted by atomic mass is 10.1. The quantitative estimate of drug-likeness (QED) is 0.668. The second kappa shape index (κ2) is 6.05. The van der Waals surface area contributed by atoms with Gasteiger partial charge in [0.05, 0.1) is 11.4 Å². The Morgan fingerprint density at radius 2 is 1.68 bits per heavy atom. The number of benzene rings is 2. The predicted molar refractivity (Wildman–Crippen MR) is 79.8 cm³/mol. The predicted octanol–water partition coefficient (Wildman–Crippen LogP) is 3.64. The van der Waals surface area contributed by atoms with Gasteiger partial charge in [0.15, 0.2) is 0 Å². The molecule has 0 amide bonds. The van der Waals surface area contributed by atoms with Gasteiger partial charge in [0.1, 0.15) is 5.75 Å². The molecule has 0 saturated carbocycles. The lowest BCUT2D eigenvalue weighted by Crippen LogP contribution is -2.13. The van der Waals surface area contributed by atoms with E-state index in [4.69, 9.17) is 0 Å². The molecule has 2 aromatic rings. The Labute approximate surface area is 113 Å². The normalized spacial score (nSPS) is 11.4. The molecule has 0 radical (unpaired) electrons. The van der Waals surface area contributed by atoms with E-state index >= 15 is 0 Å². The number of nitrogens with zero attached hydrogens (tertiary/aromatic N) is 2. The molecular weight excluding hydrogens is 236 g/mol. The Hall–Kier alpha value is -2.29. The van der Waals surface area contributed by atoms with Crippen molar-refractivity contribution in [2.75, 3.05) is 12.1 Å². The Bertz CT molecular complexity index is 547. The SMILES string of the molecule is CC/C(=N/N(C)c1ccccc1)c1ccc(O)cc1. The van der Waals surface area contributed by atoms with Crippen LogP contribution in [0.25, 0.3) is 0 Å². The molecule has 0 heterocycles. The minimum Gasteiger partial charge on any atom is -0.508 e. The van der Waals surface area contributed by atoms with E-state index in [0.717, 1.165) is 23.4 Å². The third-order valence-corrected chi connectivity index (χ3v) is 2.94. The van der Waals surface area contributed by atoms with Gasteiger partial charge < -0.3 is 5.11 Å². The van der Waals surface area contributed by atoms with Gasteiger partial charge in [-0.3, -0.25) is 5.01 Å². The van der Waals surface area contributed by atoms with E-state index < -0.39 is 0 Å². The summed E-state index contributed by atoms with van der Waals surface area (Å²) in [5.74, 6) is 0.274. The van der Waals surface area contributed by atoms with Crippen LogP contribution < -0.4 is 5.01 Å². The second-order valence-corrected chi connectivity index (χ2v) is 4.31. The molecule has 0 bridgehead atoms. The van der Waals surface area contributed by atoms with Crippen LogP contribution in [0.1, 0.15) is 18.9 Å². The Balaban J connectivity index is 2.26. The van der Waals surface area contributed by atoms with E-state index in [1.807, 2.05) is 54.5 Å². The molecule has 2 rings (SSSR count). The van der Waals surface area contributed by atoms with Gasteiger partial charge in [-0.15, -0.1) is 0 Å². The van der Waals surface area contributed by atoms with E-state index in [-0.39, 0.29) is 5.75 Å². The summed E-state index contributed by atoms with van der Waals surface area (Å²) in [5.41, 5.74) is 3.07. The molecule has 98 valence electrons. The number of aromatic hydroxyl groups is 1. The fraction of sp³-hybridized carbons (Fsp3) is 0.188. The molecule has 0 spiro atoms. The largest absolute Gasteiger partial charge is 0.508 e. The van der Waals surface area contributed by atoms with E-state index in [1.54, 1.807) is 12.1 Å². The van der Waals surface area contributed by atoms with E-state index in [2.05, 4.69) is 12.0 Å². The molecule has 3 heteroatoms. The smallest absolute Gasteiger partial charge is 0.115 e. The van der Waals surface area contributed by atoms with Gasteiger partial charge in [-0.2, -0.15) is 5.10 Å². The highest BCUT2D eigenvalue weighted by molar-refractivity contribution is 6.00. The van der Waals surface area contributed by atoms with Crippen molar-refractivity contribution in [1.29, 1.82) is 0 Å². The number of hydrogen-bond acceptors (Lipinski definition) is 3. The first-order chi connectivity index (χ1) is 9.20. The molecule has 0 fully saturated rings. The Morgan fingerprint density at radius 1 is 1.05 bits per heavy atom. The average molecular weight is 254 g/mol. The number of rotatable bonds is 4. The molecule has 3 nitrogen and oxygen atoms in total. The van der Waals surface area contributed by atoms with Gasteiger partial charge in [-0.25, -0.2) is 0 Å². The van der Waals surface area contributed by atoms with Gasteiger partial charge in [-0.05, 0) is 48.4 Å². The summed E-state index contributed by atoms with van der Waals surface area (Å²) in [7, 11) is 1.94. The molecular formula is C16H18N2O. The summed E-state index contributed by atoms with van der Waals surface area (Å²) in [6.07, 6.45) is 0.835. The van der Waals surface area contributed by atoms with Crippen molar-refractivity contribution in [3.63, 3.8) is 0 Å². The van der Waals surface area contributed by atoms with Crippen LogP contribution >= 0.6 is 0 Å². The van der Waals surface area contributed by atoms with Gasteiger partial charge >= 0.3 is 0 Å². The first-order valence-corrected chi connectivity index (χ1v) is 6.36. The number of phenols is 1. The van der Waals surface area contributed by atoms with E-state index in [1.165, 1.54) is 0 Å². The van der Waals surface area contributed by atoms with Crippen LogP contribution in [0.4, 0.5) is 5.69 Å². The number of hydrazone groups is 1. The highest BCUT2D eigenvalue weighted by Gasteiger charge is 2.04. The molecule has 2 aromatic carbocycles. The van der Waals surface area contributed by atoms with Crippen LogP contribution in [0, 0.1) is 0 Å². The van der Waals surface area contributed by atoms with Crippen LogP contribution in [0.2, 0.25) is 0 Å². The van der Waals surface area contributed by atoms with Crippen molar-refractivity contribution >= 4 is 11.4 Å². The maximum absolute atomic E-state index is 9.32. The maximum Gasteiger partial charge on any atom is 0.115 e. The molecule has 0 saturated heterocycles. The topological polar surface area (TPSA) is 35.8 Å². The van der Waals surface area contributed by atoms with Crippen molar-refractivity contribution < 1.29 is 5.11 Å². The summed E-state index contributed by atoms with van der Waals surface area (Å²) in [4.78, 5) is 0. The highest BCUT2D eigenvalue weighted by atomic mass is 16.3. The highest BCUT2D eigenvalue weighted by Crippen LogP contribution is 2.15. The summed E-state index contributed by atoms with van der Waals surface area (Å²) in [5, 5.41) is 15.8. The molecule has 0 aliphatic heterocycles. The molecule has 0 aliphatic rings. The molecule has 0 aromatic heterocycles. The van der Waals surface area contributed by atoms with Crippen LogP contribution in [-0.2, 0) is 0 Å². The van der Waals surface area contributed by atoms with Crippen molar-refractivity contribution in [3.05, 3.63) is 60.2 Å². The number of hydrogen-bond donors (Lipinski definition) is 1. The van der Waals surface area contributed by atoms with Crippen molar-refractivity contribution in [3.8, 4) is 5.75 Å². The van der Waals surface area contributed by atoms with Gasteiger partial charge in [0.2, 0.25) is 0 Å². The zero-order valence-corrected chi connectivity index (χ0v) is 11.2. The summed E-state index contributed by atoms with van der Waals surface area (Å²) < 4.78 is 0. The number of phenolic OH excluding ortho intramolecular Hbond substituents is 1. The average Bonchev–Trinajstić information content (AvgIpc) is 2.46. The van der Waals surface area contributed by atoms with Crippen LogP contribution in [0.15, 0.2) is 59.7 Å². The molecule has 0 atom stereocenters. The Morgan fingerprint density at radius 3 is 2.26 bits per heavy atom. The minimum atomic E-state index is 0.274. The molecule has 19 heavy (non-hydrogen) atoms. The first-order valence-electron chi connectivity index (χ1n) is 6.36. The number of para-hydroxylation sites is 1. The van der Waals surface area contributed by atoms with Gasteiger partial charge in [0, 0.05) is 7.05 Å². The number of anilines is 1. The Kier molecular flexibility index (Phi) is 4.18. The van der Waals surface area contributed by atoms with Gasteiger partial charge in [0.25, 0.3) is 0 Å². The third-order valence-electron chi connectivity index (χ3n) is 2.94. The van der Waals surface area contributed by atoms with Crippen molar-refractivity contribution in [2.24, 2.45) is 5.10 Å². The fourth-order valence-corrected chi connectivity index (χ4v) is 1.87. The summed E-state index contributed by atoms with van der Waals surface area (Å²) in [6, 6.07) is 17.2. The zero-order chi connectivity index (χ0) is 13.7. The first kappa shape index (κ1) is 13.1. The standard InChI is InChI=1S/C16H18N2O/c1-3-16(13-9-11-15(19)12-10-13)17-18(2)14-7-5-4-6-8-14/h4-12,19H,3H2,1-2H3/b17-16-. The molecule has 0 aliphatic carbocycles. The van der Waals surface area contributed by atoms with Crippen LogP contribution in [0.5, 0.6) is 5.75 Å². The second-order valence-electron chi connectivity index (χ2n) is 4.31. The van der Waals surface area contributed by atoms with Crippen LogP contribution in [0.3, 0.4) is 0 Å². The summed E-state index contributed by atoms with van der Waals surface area (Å²) >= 11 is 0. The summed E-state index contributed by atoms with van der Waals surface area (Å²) in [6.45, 7) is 2.07. The van der Waals surface area contributed by atoms with Crippen molar-refractivity contribution in [1.82, 2.24) is 0 Å². The minimum absolute atomic E-state index is 0.274. The molecule has 1 N–H and O–H groups in total. The fourth-order valence-electron chi connectivity index (χ4n) is 1.87. The molecule has 0 unspecified atom stereocenters. The lowest BCUT2D eigenvalue weighted by molar-refractivity contribution is 0.475. The van der Waals surface area contributed by atoms with Gasteiger partial charge in [-0.1, -0.05) is 25.1 Å². The lowest BCUT2D eigenvalue weighted by Gasteiger charge is -2.15. The van der Waals surface area contributed by atoms with E-state index in [0.29, 0.717) is 0 Å². The monoisotopic (exact) mass is 254 g/mol. The maximum atomic E-state index is 9.32. The van der Waals surface area contributed by atoms with E-state index in [9.17, 15) is 5.11 Å². The van der Waals surface area contributed by atoms with Crippen LogP contribution in [-0.4, -0.2) is 17.9 Å². The third kappa shape index (κ3) is 3.35.